The molecule has 0 saturated heterocycles. The number of benzene rings is 6. The molecule has 0 amide bonds. The molecule has 0 bridgehead atoms. The first-order valence-electron chi connectivity index (χ1n) is 27.9. The molecule has 0 fully saturated rings. The summed E-state index contributed by atoms with van der Waals surface area (Å²) in [4.78, 5) is 0. The van der Waals surface area contributed by atoms with Crippen LogP contribution in [-0.4, -0.2) is 9.52 Å². The van der Waals surface area contributed by atoms with Crippen LogP contribution in [0.2, 0.25) is 0 Å². The summed E-state index contributed by atoms with van der Waals surface area (Å²) in [6, 6.07) is 51.9. The summed E-state index contributed by atoms with van der Waals surface area (Å²) in [5, 5.41) is 8.40. The summed E-state index contributed by atoms with van der Waals surface area (Å²) in [7, 11) is 10.7. The van der Waals surface area contributed by atoms with Gasteiger partial charge in [0.25, 0.3) is 0 Å². The molecule has 0 spiro atoms. The molecule has 1 aliphatic rings. The van der Waals surface area contributed by atoms with Gasteiger partial charge in [-0.2, -0.15) is 41.6 Å². The molecule has 1 aliphatic heterocycles. The van der Waals surface area contributed by atoms with E-state index in [4.69, 9.17) is 17.0 Å². The quantitative estimate of drug-likeness (QED) is 0.115. The van der Waals surface area contributed by atoms with Crippen molar-refractivity contribution in [3.05, 3.63) is 178 Å². The topological polar surface area (TPSA) is 0 Å². The van der Waals surface area contributed by atoms with Gasteiger partial charge in [-0.15, -0.1) is 74.6 Å². The van der Waals surface area contributed by atoms with Crippen molar-refractivity contribution >= 4 is 58.5 Å². The predicted molar refractivity (Wildman–Crippen MR) is 338 cm³/mol. The van der Waals surface area contributed by atoms with Crippen molar-refractivity contribution in [2.75, 3.05) is 0 Å². The summed E-state index contributed by atoms with van der Waals surface area (Å²) in [5.41, 5.74) is 20.5. The van der Waals surface area contributed by atoms with E-state index in [2.05, 4.69) is 266 Å². The number of hydrogen-bond donors (Lipinski definition) is 0. The molecule has 0 N–H and O–H groups in total. The maximum Gasteiger partial charge on any atom is 0.0920 e. The molecule has 1 heterocycles. The molecule has 402 valence electrons. The fourth-order valence-electron chi connectivity index (χ4n) is 10.4. The van der Waals surface area contributed by atoms with Gasteiger partial charge in [0.2, 0.25) is 0 Å². The third kappa shape index (κ3) is 14.9. The zero-order chi connectivity index (χ0) is 56.3. The Kier molecular flexibility index (Phi) is 19.6. The van der Waals surface area contributed by atoms with Gasteiger partial charge in [-0.1, -0.05) is 245 Å². The summed E-state index contributed by atoms with van der Waals surface area (Å²) in [6.45, 7) is 46.5. The van der Waals surface area contributed by atoms with Crippen LogP contribution >= 0.6 is 17.0 Å². The van der Waals surface area contributed by atoms with Gasteiger partial charge in [0.05, 0.1) is 9.52 Å². The average Bonchev–Trinajstić information content (AvgIpc) is 4.04. The maximum atomic E-state index is 4.93. The van der Waals surface area contributed by atoms with Gasteiger partial charge in [0.15, 0.2) is 0 Å². The van der Waals surface area contributed by atoms with Crippen LogP contribution in [0.15, 0.2) is 127 Å². The van der Waals surface area contributed by atoms with E-state index in [0.29, 0.717) is 0 Å². The van der Waals surface area contributed by atoms with E-state index in [-0.39, 0.29) is 32.5 Å². The third-order valence-corrected chi connectivity index (χ3v) is 16.2. The Morgan fingerprint density at radius 2 is 0.816 bits per heavy atom. The van der Waals surface area contributed by atoms with Crippen LogP contribution in [0, 0.1) is 6.07 Å². The van der Waals surface area contributed by atoms with Gasteiger partial charge in [-0.3, -0.25) is 0 Å². The normalized spacial score (nSPS) is 12.8. The van der Waals surface area contributed by atoms with Crippen molar-refractivity contribution in [1.29, 1.82) is 0 Å². The summed E-state index contributed by atoms with van der Waals surface area (Å²) in [6.07, 6.45) is 4.67. The molecule has 0 saturated carbocycles. The van der Waals surface area contributed by atoms with Crippen molar-refractivity contribution in [3.8, 4) is 33.4 Å². The number of rotatable bonds is 6. The SMILES string of the molecule is CCCc1cc2c(-c3cc(C(C)(C)C)cc(C(C)(C)C)c3)c(C(C)(C)C)ccc2[cH-]1.CCCc1cc2c(-c3cc(C(C)(C)C)cc(C(C)(C)C)c3)c(C(C)(C)C)ccc2[cH-]1.[Cl][Zr][Cl].[c-]1cccc2c1[Si]c1ccccc1-2. The summed E-state index contributed by atoms with van der Waals surface area (Å²) < 4.78 is 0. The maximum absolute atomic E-state index is 4.93. The first-order chi connectivity index (χ1) is 35.3. The first kappa shape index (κ1) is 61.4. The van der Waals surface area contributed by atoms with Crippen LogP contribution in [0.25, 0.3) is 54.9 Å². The van der Waals surface area contributed by atoms with E-state index in [1.54, 1.807) is 0 Å². The largest absolute Gasteiger partial charge is 0.184 e. The molecular formula is C72H89Cl2SiZr-3. The van der Waals surface area contributed by atoms with Crippen molar-refractivity contribution in [3.63, 3.8) is 0 Å². The summed E-state index contributed by atoms with van der Waals surface area (Å²) in [5.74, 6) is 0. The number of hydrogen-bond acceptors (Lipinski definition) is 0. The fraction of sp³-hybridized carbons (Fsp3) is 0.417. The van der Waals surface area contributed by atoms with Gasteiger partial charge in [0, 0.05) is 0 Å². The molecule has 0 atom stereocenters. The Bertz CT molecular complexity index is 2960. The smallest absolute Gasteiger partial charge is 0.0920 e. The summed E-state index contributed by atoms with van der Waals surface area (Å²) >= 11 is -0.826. The van der Waals surface area contributed by atoms with Gasteiger partial charge in [-0.25, -0.2) is 0 Å². The molecule has 9 rings (SSSR count). The number of fused-ring (bicyclic) bond motifs is 5. The zero-order valence-electron chi connectivity index (χ0n) is 50.2. The van der Waals surface area contributed by atoms with Crippen molar-refractivity contribution in [2.45, 2.75) is 197 Å². The molecule has 0 nitrogen and oxygen atoms in total. The fourth-order valence-corrected chi connectivity index (χ4v) is 11.7. The molecule has 8 aromatic carbocycles. The van der Waals surface area contributed by atoms with Gasteiger partial charge >= 0.3 is 37.9 Å². The molecule has 76 heavy (non-hydrogen) atoms. The second-order valence-corrected chi connectivity index (χ2v) is 32.5. The molecular weight excluding hydrogens is 1060 g/mol. The van der Waals surface area contributed by atoms with E-state index < -0.39 is 20.8 Å². The zero-order valence-corrected chi connectivity index (χ0v) is 55.2. The van der Waals surface area contributed by atoms with Gasteiger partial charge < -0.3 is 0 Å². The van der Waals surface area contributed by atoms with Crippen LogP contribution in [0.1, 0.15) is 196 Å². The second kappa shape index (κ2) is 24.3. The molecule has 2 radical (unpaired) electrons. The monoisotopic (exact) mass is 1140 g/mol. The van der Waals surface area contributed by atoms with Crippen LogP contribution in [-0.2, 0) is 66.2 Å². The molecule has 0 aromatic heterocycles. The Labute approximate surface area is 483 Å². The van der Waals surface area contributed by atoms with Crippen LogP contribution in [0.3, 0.4) is 0 Å². The minimum absolute atomic E-state index is 0.0886. The van der Waals surface area contributed by atoms with Crippen molar-refractivity contribution in [2.24, 2.45) is 0 Å². The predicted octanol–water partition coefficient (Wildman–Crippen LogP) is 20.6. The Morgan fingerprint density at radius 3 is 1.17 bits per heavy atom. The second-order valence-electron chi connectivity index (χ2n) is 27.5. The van der Waals surface area contributed by atoms with E-state index in [1.807, 2.05) is 6.07 Å². The average molecular weight is 1140 g/mol. The standard InChI is InChI=1S/2C30H41.C12H7Si.2ClH.Zr/c2*1-11-12-20-15-21-13-14-26(30(8,9)10)27(25(21)16-20)22-17-23(28(2,3)4)19-24(18-22)29(5,6)7;1-3-7-11-9(5-1)10-6-2-4-8-12(10)13-11;;;/h2*13-19H,11-12H2,1-10H3;1-7H;2*1H;/q3*-1;;;+2/p-2. The Morgan fingerprint density at radius 1 is 0.447 bits per heavy atom. The molecule has 0 unspecified atom stereocenters. The van der Waals surface area contributed by atoms with E-state index in [1.165, 1.54) is 123 Å². The molecule has 0 aliphatic carbocycles. The number of aryl methyl sites for hydroxylation is 2. The van der Waals surface area contributed by atoms with E-state index in [0.717, 1.165) is 22.4 Å². The minimum Gasteiger partial charge on any atom is -0.184 e. The minimum atomic E-state index is -0.826. The van der Waals surface area contributed by atoms with E-state index >= 15 is 0 Å². The van der Waals surface area contributed by atoms with Crippen LogP contribution < -0.4 is 10.4 Å². The molecule has 4 heteroatoms. The van der Waals surface area contributed by atoms with Crippen molar-refractivity contribution in [1.82, 2.24) is 0 Å². The molecule has 8 aromatic rings. The van der Waals surface area contributed by atoms with Gasteiger partial charge in [0.1, 0.15) is 0 Å². The number of halogens is 2. The Hall–Kier alpha value is -3.78. The van der Waals surface area contributed by atoms with Gasteiger partial charge in [-0.05, 0) is 78.7 Å². The van der Waals surface area contributed by atoms with Crippen LogP contribution in [0.5, 0.6) is 0 Å². The van der Waals surface area contributed by atoms with Crippen LogP contribution in [0.4, 0.5) is 0 Å². The Balaban J connectivity index is 0.000000192. The third-order valence-electron chi connectivity index (χ3n) is 14.8. The first-order valence-corrected chi connectivity index (χ1v) is 35.2. The van der Waals surface area contributed by atoms with E-state index in [9.17, 15) is 0 Å². The van der Waals surface area contributed by atoms with Crippen molar-refractivity contribution < 1.29 is 20.8 Å².